The highest BCUT2D eigenvalue weighted by Crippen LogP contribution is 2.15. The quantitative estimate of drug-likeness (QED) is 0.443. The van der Waals surface area contributed by atoms with E-state index in [0.717, 1.165) is 20.9 Å². The lowest BCUT2D eigenvalue weighted by molar-refractivity contribution is 0.705. The molecule has 0 unspecified atom stereocenters. The Bertz CT molecular complexity index is 1330. The lowest BCUT2D eigenvalue weighted by Crippen LogP contribution is -2.37. The number of hydrogen-bond acceptors (Lipinski definition) is 5. The van der Waals surface area contributed by atoms with Gasteiger partial charge in [-0.1, -0.05) is 36.4 Å². The molecule has 136 valence electrons. The summed E-state index contributed by atoms with van der Waals surface area (Å²) in [4.78, 5) is 28.8. The van der Waals surface area contributed by atoms with Gasteiger partial charge in [0.1, 0.15) is 0 Å². The minimum Gasteiger partial charge on any atom is -0.306 e. The highest BCUT2D eigenvalue weighted by Gasteiger charge is 2.16. The highest BCUT2D eigenvalue weighted by atomic mass is 16.2. The zero-order chi connectivity index (χ0) is 19.1. The zero-order valence-electron chi connectivity index (χ0n) is 15.2. The molecule has 0 saturated heterocycles. The van der Waals surface area contributed by atoms with Crippen LogP contribution in [0.2, 0.25) is 0 Å². The third-order valence-electron chi connectivity index (χ3n) is 4.63. The van der Waals surface area contributed by atoms with Gasteiger partial charge in [0.05, 0.1) is 6.21 Å². The number of benzene rings is 2. The van der Waals surface area contributed by atoms with Gasteiger partial charge in [-0.2, -0.15) is 10.1 Å². The van der Waals surface area contributed by atoms with Gasteiger partial charge in [0, 0.05) is 21.1 Å². The smallest absolute Gasteiger partial charge is 0.306 e. The number of fused-ring (bicyclic) bond motifs is 2. The van der Waals surface area contributed by atoms with E-state index in [-0.39, 0.29) is 0 Å². The van der Waals surface area contributed by atoms with Crippen LogP contribution in [0, 0.1) is 0 Å². The Morgan fingerprint density at radius 3 is 2.48 bits per heavy atom. The van der Waals surface area contributed by atoms with Gasteiger partial charge in [-0.05, 0) is 22.4 Å². The van der Waals surface area contributed by atoms with E-state index in [9.17, 15) is 9.59 Å². The van der Waals surface area contributed by atoms with E-state index >= 15 is 0 Å². The van der Waals surface area contributed by atoms with E-state index in [0.29, 0.717) is 17.1 Å². The lowest BCUT2D eigenvalue weighted by atomic mass is 10.1. The molecule has 8 nitrogen and oxygen atoms in total. The molecule has 0 amide bonds. The molecule has 1 N–H and O–H groups in total. The van der Waals surface area contributed by atoms with E-state index in [1.807, 2.05) is 36.4 Å². The summed E-state index contributed by atoms with van der Waals surface area (Å²) in [5.74, 6) is 0.375. The normalized spacial score (nSPS) is 11.7. The number of imidazole rings is 1. The van der Waals surface area contributed by atoms with Crippen LogP contribution in [0.3, 0.4) is 0 Å². The number of nitrogens with zero attached hydrogens (tertiary/aromatic N) is 5. The predicted octanol–water partition coefficient (Wildman–Crippen LogP) is 1.57. The number of aryl methyl sites for hydroxylation is 2. The SMILES string of the molecule is Cn1c(=O)c2c(nc(N/N=C\c3ccc4ccccc4c3)n2C)n(C)c1=O. The molecular weight excluding hydrogens is 344 g/mol. The minimum atomic E-state index is -0.420. The molecule has 0 spiro atoms. The van der Waals surface area contributed by atoms with Gasteiger partial charge >= 0.3 is 5.69 Å². The van der Waals surface area contributed by atoms with E-state index in [2.05, 4.69) is 21.6 Å². The van der Waals surface area contributed by atoms with Crippen LogP contribution in [0.25, 0.3) is 21.9 Å². The van der Waals surface area contributed by atoms with Crippen molar-refractivity contribution >= 4 is 34.1 Å². The molecular formula is C19H18N6O2. The Morgan fingerprint density at radius 1 is 0.963 bits per heavy atom. The molecule has 0 saturated carbocycles. The lowest BCUT2D eigenvalue weighted by Gasteiger charge is -2.03. The first-order valence-electron chi connectivity index (χ1n) is 8.37. The van der Waals surface area contributed by atoms with Gasteiger partial charge in [-0.15, -0.1) is 0 Å². The van der Waals surface area contributed by atoms with Crippen molar-refractivity contribution in [1.82, 2.24) is 18.7 Å². The molecule has 0 radical (unpaired) electrons. The first-order chi connectivity index (χ1) is 13.0. The molecule has 8 heteroatoms. The number of hydrogen-bond donors (Lipinski definition) is 1. The van der Waals surface area contributed by atoms with Crippen LogP contribution in [0.1, 0.15) is 5.56 Å². The summed E-state index contributed by atoms with van der Waals surface area (Å²) in [6.07, 6.45) is 1.68. The summed E-state index contributed by atoms with van der Waals surface area (Å²) in [5, 5.41) is 6.51. The molecule has 4 aromatic rings. The van der Waals surface area contributed by atoms with E-state index in [1.165, 1.54) is 11.6 Å². The number of hydrazone groups is 1. The van der Waals surface area contributed by atoms with Gasteiger partial charge in [0.15, 0.2) is 11.2 Å². The number of anilines is 1. The average Bonchev–Trinajstić information content (AvgIpc) is 3.01. The monoisotopic (exact) mass is 362 g/mol. The van der Waals surface area contributed by atoms with Crippen LogP contribution in [0.15, 0.2) is 57.2 Å². The van der Waals surface area contributed by atoms with Crippen molar-refractivity contribution in [2.75, 3.05) is 5.43 Å². The molecule has 27 heavy (non-hydrogen) atoms. The molecule has 2 heterocycles. The second-order valence-corrected chi connectivity index (χ2v) is 6.35. The fraction of sp³-hybridized carbons (Fsp3) is 0.158. The van der Waals surface area contributed by atoms with Crippen LogP contribution in [0.4, 0.5) is 5.95 Å². The summed E-state index contributed by atoms with van der Waals surface area (Å²) in [5.41, 5.74) is 3.62. The minimum absolute atomic E-state index is 0.314. The molecule has 2 aromatic heterocycles. The summed E-state index contributed by atoms with van der Waals surface area (Å²) >= 11 is 0. The van der Waals surface area contributed by atoms with Crippen molar-refractivity contribution in [3.63, 3.8) is 0 Å². The van der Waals surface area contributed by atoms with Crippen LogP contribution in [-0.4, -0.2) is 24.9 Å². The first-order valence-corrected chi connectivity index (χ1v) is 8.37. The Labute approximate surface area is 154 Å². The van der Waals surface area contributed by atoms with Crippen molar-refractivity contribution in [3.05, 3.63) is 68.9 Å². The van der Waals surface area contributed by atoms with Gasteiger partial charge in [0.25, 0.3) is 5.56 Å². The standard InChI is InChI=1S/C19H18N6O2/c1-23-15-16(24(2)19(27)25(3)17(15)26)21-18(23)22-20-11-12-8-9-13-6-4-5-7-14(13)10-12/h4-11H,1-3H3,(H,21,22)/b20-11-. The van der Waals surface area contributed by atoms with Gasteiger partial charge in [-0.3, -0.25) is 13.9 Å². The Morgan fingerprint density at radius 2 is 1.70 bits per heavy atom. The third kappa shape index (κ3) is 2.71. The largest absolute Gasteiger partial charge is 0.332 e. The number of nitrogens with one attached hydrogen (secondary N) is 1. The maximum atomic E-state index is 12.4. The fourth-order valence-corrected chi connectivity index (χ4v) is 3.07. The van der Waals surface area contributed by atoms with Crippen molar-refractivity contribution < 1.29 is 0 Å². The topological polar surface area (TPSA) is 86.2 Å². The summed E-state index contributed by atoms with van der Waals surface area (Å²) < 4.78 is 4.00. The number of aromatic nitrogens is 4. The Balaban J connectivity index is 1.69. The van der Waals surface area contributed by atoms with Crippen LogP contribution >= 0.6 is 0 Å². The highest BCUT2D eigenvalue weighted by molar-refractivity contribution is 5.90. The van der Waals surface area contributed by atoms with Gasteiger partial charge < -0.3 is 4.57 Å². The number of rotatable bonds is 3. The third-order valence-corrected chi connectivity index (χ3v) is 4.63. The van der Waals surface area contributed by atoms with E-state index in [4.69, 9.17) is 0 Å². The predicted molar refractivity (Wildman–Crippen MR) is 106 cm³/mol. The molecule has 0 bridgehead atoms. The molecule has 0 aliphatic carbocycles. The Kier molecular flexibility index (Phi) is 3.88. The molecule has 4 rings (SSSR count). The van der Waals surface area contributed by atoms with Crippen molar-refractivity contribution in [2.45, 2.75) is 0 Å². The zero-order valence-corrected chi connectivity index (χ0v) is 15.2. The second kappa shape index (κ2) is 6.24. The van der Waals surface area contributed by atoms with Crippen LogP contribution < -0.4 is 16.7 Å². The van der Waals surface area contributed by atoms with E-state index < -0.39 is 11.2 Å². The first kappa shape index (κ1) is 16.8. The van der Waals surface area contributed by atoms with E-state index in [1.54, 1.807) is 24.9 Å². The maximum Gasteiger partial charge on any atom is 0.332 e. The van der Waals surface area contributed by atoms with Gasteiger partial charge in [0.2, 0.25) is 5.95 Å². The van der Waals surface area contributed by atoms with Crippen molar-refractivity contribution in [3.8, 4) is 0 Å². The molecule has 0 fully saturated rings. The summed E-state index contributed by atoms with van der Waals surface area (Å²) in [7, 11) is 4.73. The molecule has 0 aliphatic heterocycles. The fourth-order valence-electron chi connectivity index (χ4n) is 3.07. The molecule has 2 aromatic carbocycles. The van der Waals surface area contributed by atoms with Gasteiger partial charge in [-0.25, -0.2) is 10.2 Å². The second-order valence-electron chi connectivity index (χ2n) is 6.35. The Hall–Kier alpha value is -3.68. The van der Waals surface area contributed by atoms with Crippen molar-refractivity contribution in [2.24, 2.45) is 26.2 Å². The summed E-state index contributed by atoms with van der Waals surface area (Å²) in [6, 6.07) is 14.1. The van der Waals surface area contributed by atoms with Crippen molar-refractivity contribution in [1.29, 1.82) is 0 Å². The molecule has 0 atom stereocenters. The van der Waals surface area contributed by atoms with Crippen LogP contribution in [-0.2, 0) is 21.1 Å². The summed E-state index contributed by atoms with van der Waals surface area (Å²) in [6.45, 7) is 0. The van der Waals surface area contributed by atoms with Crippen LogP contribution in [0.5, 0.6) is 0 Å². The molecule has 0 aliphatic rings. The average molecular weight is 362 g/mol. The maximum absolute atomic E-state index is 12.4.